The fourth-order valence-corrected chi connectivity index (χ4v) is 7.79. The summed E-state index contributed by atoms with van der Waals surface area (Å²) in [5, 5.41) is 0. The minimum Gasteiger partial charge on any atom is -0.756 e. The molecular formula is C50H96NO8P. The fourth-order valence-electron chi connectivity index (χ4n) is 7.06. The average Bonchev–Trinajstić information content (AvgIpc) is 3.20. The van der Waals surface area contributed by atoms with Crippen LogP contribution in [-0.4, -0.2) is 70.0 Å². The molecule has 0 aromatic heterocycles. The van der Waals surface area contributed by atoms with Crippen LogP contribution in [0.3, 0.4) is 0 Å². The zero-order valence-corrected chi connectivity index (χ0v) is 40.8. The Morgan fingerprint density at radius 3 is 1.30 bits per heavy atom. The summed E-state index contributed by atoms with van der Waals surface area (Å²) >= 11 is 0. The molecule has 0 aromatic carbocycles. The van der Waals surface area contributed by atoms with Gasteiger partial charge in [0.2, 0.25) is 0 Å². The van der Waals surface area contributed by atoms with Gasteiger partial charge in [-0.2, -0.15) is 0 Å². The van der Waals surface area contributed by atoms with Crippen LogP contribution in [0.15, 0.2) is 24.3 Å². The summed E-state index contributed by atoms with van der Waals surface area (Å²) in [5.41, 5.74) is 0. The molecule has 0 heterocycles. The van der Waals surface area contributed by atoms with Crippen LogP contribution in [0.4, 0.5) is 0 Å². The molecule has 0 spiro atoms. The van der Waals surface area contributed by atoms with Crippen molar-refractivity contribution >= 4 is 19.8 Å². The molecular weight excluding hydrogens is 774 g/mol. The van der Waals surface area contributed by atoms with Gasteiger partial charge in [0.1, 0.15) is 19.8 Å². The van der Waals surface area contributed by atoms with Gasteiger partial charge in [0.25, 0.3) is 7.82 Å². The molecule has 0 amide bonds. The standard InChI is InChI=1S/C50H96NO8P/c1-6-8-10-12-14-16-18-20-22-23-24-25-26-27-29-31-33-35-37-39-41-43-50(53)59-48(47-58-60(54,55)57-45-44-51(3,4)5)46-56-49(52)42-40-38-36-34-32-30-28-21-19-17-15-13-11-9-7-2/h17,19,21,28,48H,6-16,18,20,22-27,29-47H2,1-5H3/b19-17+,28-21+/t48-/m1/s1. The number of esters is 2. The summed E-state index contributed by atoms with van der Waals surface area (Å²) < 4.78 is 34.0. The van der Waals surface area contributed by atoms with Gasteiger partial charge in [-0.3, -0.25) is 14.2 Å². The van der Waals surface area contributed by atoms with E-state index in [4.69, 9.17) is 18.5 Å². The zero-order chi connectivity index (χ0) is 44.3. The van der Waals surface area contributed by atoms with E-state index in [1.165, 1.54) is 141 Å². The van der Waals surface area contributed by atoms with Crippen molar-refractivity contribution in [3.63, 3.8) is 0 Å². The maximum atomic E-state index is 12.7. The van der Waals surface area contributed by atoms with E-state index < -0.39 is 32.5 Å². The van der Waals surface area contributed by atoms with Gasteiger partial charge in [0.05, 0.1) is 27.7 Å². The highest BCUT2D eigenvalue weighted by Gasteiger charge is 2.21. The number of phosphoric ester groups is 1. The topological polar surface area (TPSA) is 111 Å². The van der Waals surface area contributed by atoms with E-state index in [9.17, 15) is 19.0 Å². The first-order chi connectivity index (χ1) is 29.0. The van der Waals surface area contributed by atoms with Crippen molar-refractivity contribution in [2.75, 3.05) is 47.5 Å². The summed E-state index contributed by atoms with van der Waals surface area (Å²) in [5.74, 6) is -0.841. The lowest BCUT2D eigenvalue weighted by molar-refractivity contribution is -0.870. The predicted octanol–water partition coefficient (Wildman–Crippen LogP) is 14.1. The van der Waals surface area contributed by atoms with Crippen LogP contribution in [0.5, 0.6) is 0 Å². The first-order valence-electron chi connectivity index (χ1n) is 25.1. The van der Waals surface area contributed by atoms with Gasteiger partial charge in [-0.15, -0.1) is 0 Å². The number of hydrogen-bond donors (Lipinski definition) is 0. The number of carbonyl (C=O) groups is 2. The molecule has 354 valence electrons. The second-order valence-electron chi connectivity index (χ2n) is 18.2. The monoisotopic (exact) mass is 870 g/mol. The highest BCUT2D eigenvalue weighted by Crippen LogP contribution is 2.38. The van der Waals surface area contributed by atoms with Gasteiger partial charge in [-0.1, -0.05) is 205 Å². The molecule has 1 unspecified atom stereocenters. The van der Waals surface area contributed by atoms with Crippen molar-refractivity contribution in [3.8, 4) is 0 Å². The van der Waals surface area contributed by atoms with Crippen LogP contribution >= 0.6 is 7.82 Å². The summed E-state index contributed by atoms with van der Waals surface area (Å²) in [6, 6.07) is 0. The van der Waals surface area contributed by atoms with Crippen molar-refractivity contribution in [1.29, 1.82) is 0 Å². The lowest BCUT2D eigenvalue weighted by atomic mass is 10.0. The molecule has 0 aliphatic carbocycles. The van der Waals surface area contributed by atoms with E-state index in [-0.39, 0.29) is 26.1 Å². The van der Waals surface area contributed by atoms with Crippen LogP contribution in [0.1, 0.15) is 232 Å². The molecule has 0 rings (SSSR count). The second kappa shape index (κ2) is 42.8. The summed E-state index contributed by atoms with van der Waals surface area (Å²) in [7, 11) is 1.17. The molecule has 0 bridgehead atoms. The highest BCUT2D eigenvalue weighted by atomic mass is 31.2. The minimum absolute atomic E-state index is 0.0313. The molecule has 0 aliphatic rings. The Morgan fingerprint density at radius 1 is 0.517 bits per heavy atom. The van der Waals surface area contributed by atoms with Crippen molar-refractivity contribution in [3.05, 3.63) is 24.3 Å². The van der Waals surface area contributed by atoms with Crippen molar-refractivity contribution in [1.82, 2.24) is 0 Å². The molecule has 2 atom stereocenters. The van der Waals surface area contributed by atoms with Crippen LogP contribution < -0.4 is 4.89 Å². The maximum Gasteiger partial charge on any atom is 0.306 e. The number of ether oxygens (including phenoxy) is 2. The largest absolute Gasteiger partial charge is 0.756 e. The third-order valence-corrected chi connectivity index (χ3v) is 12.0. The Labute approximate surface area is 370 Å². The van der Waals surface area contributed by atoms with E-state index in [1.807, 2.05) is 21.1 Å². The molecule has 0 saturated carbocycles. The SMILES string of the molecule is CCCCCC/C=C/C=C/CCCCCCCC(=O)OC[C@H](COP(=O)([O-])OCC[N+](C)(C)C)OC(=O)CCCCCCCCCCCCCCCCCCCCCCC. The zero-order valence-electron chi connectivity index (χ0n) is 39.9. The summed E-state index contributed by atoms with van der Waals surface area (Å²) in [6.07, 6.45) is 47.8. The Morgan fingerprint density at radius 2 is 0.883 bits per heavy atom. The average molecular weight is 870 g/mol. The smallest absolute Gasteiger partial charge is 0.306 e. The quantitative estimate of drug-likeness (QED) is 0.0195. The molecule has 0 N–H and O–H groups in total. The molecule has 0 fully saturated rings. The van der Waals surface area contributed by atoms with E-state index in [1.54, 1.807) is 0 Å². The molecule has 0 saturated heterocycles. The van der Waals surface area contributed by atoms with E-state index in [0.717, 1.165) is 51.4 Å². The molecule has 10 heteroatoms. The normalized spacial score (nSPS) is 13.6. The number of hydrogen-bond acceptors (Lipinski definition) is 8. The Bertz CT molecular complexity index is 1070. The van der Waals surface area contributed by atoms with E-state index in [2.05, 4.69) is 38.2 Å². The number of carbonyl (C=O) groups excluding carboxylic acids is 2. The highest BCUT2D eigenvalue weighted by molar-refractivity contribution is 7.45. The Kier molecular flexibility index (Phi) is 41.7. The summed E-state index contributed by atoms with van der Waals surface area (Å²) in [4.78, 5) is 37.7. The molecule has 0 radical (unpaired) electrons. The van der Waals surface area contributed by atoms with Crippen LogP contribution in [-0.2, 0) is 32.7 Å². The molecule has 9 nitrogen and oxygen atoms in total. The molecule has 0 aliphatic heterocycles. The maximum absolute atomic E-state index is 12.7. The third kappa shape index (κ3) is 46.0. The van der Waals surface area contributed by atoms with Gasteiger partial charge in [0.15, 0.2) is 6.10 Å². The number of rotatable bonds is 46. The van der Waals surface area contributed by atoms with Gasteiger partial charge >= 0.3 is 11.9 Å². The van der Waals surface area contributed by atoms with Gasteiger partial charge in [-0.05, 0) is 38.5 Å². The first-order valence-corrected chi connectivity index (χ1v) is 26.5. The number of nitrogens with zero attached hydrogens (tertiary/aromatic N) is 1. The number of likely N-dealkylation sites (N-methyl/N-ethyl adjacent to an activating group) is 1. The first kappa shape index (κ1) is 58.5. The Hall–Kier alpha value is -1.51. The van der Waals surface area contributed by atoms with Crippen LogP contribution in [0, 0.1) is 0 Å². The fraction of sp³-hybridized carbons (Fsp3) is 0.880. The van der Waals surface area contributed by atoms with Crippen molar-refractivity contribution in [2.45, 2.75) is 238 Å². The van der Waals surface area contributed by atoms with E-state index >= 15 is 0 Å². The number of quaternary nitrogens is 1. The molecule has 60 heavy (non-hydrogen) atoms. The van der Waals surface area contributed by atoms with Gasteiger partial charge in [-0.25, -0.2) is 0 Å². The minimum atomic E-state index is -4.63. The van der Waals surface area contributed by atoms with Crippen LogP contribution in [0.25, 0.3) is 0 Å². The van der Waals surface area contributed by atoms with Crippen LogP contribution in [0.2, 0.25) is 0 Å². The van der Waals surface area contributed by atoms with Gasteiger partial charge < -0.3 is 27.9 Å². The lowest BCUT2D eigenvalue weighted by Gasteiger charge is -2.28. The summed E-state index contributed by atoms with van der Waals surface area (Å²) in [6.45, 7) is 4.23. The number of phosphoric acid groups is 1. The second-order valence-corrected chi connectivity index (χ2v) is 19.6. The van der Waals surface area contributed by atoms with E-state index in [0.29, 0.717) is 23.9 Å². The van der Waals surface area contributed by atoms with Gasteiger partial charge in [0, 0.05) is 12.8 Å². The number of unbranched alkanes of at least 4 members (excludes halogenated alkanes) is 29. The van der Waals surface area contributed by atoms with Crippen molar-refractivity contribution in [2.24, 2.45) is 0 Å². The van der Waals surface area contributed by atoms with Crippen molar-refractivity contribution < 1.29 is 42.1 Å². The number of allylic oxidation sites excluding steroid dienone is 4. The lowest BCUT2D eigenvalue weighted by Crippen LogP contribution is -2.37. The third-order valence-electron chi connectivity index (χ3n) is 11.0. The Balaban J connectivity index is 4.24. The molecule has 0 aromatic rings. The predicted molar refractivity (Wildman–Crippen MR) is 250 cm³/mol.